The summed E-state index contributed by atoms with van der Waals surface area (Å²) in [5.41, 5.74) is 5.55. The van der Waals surface area contributed by atoms with Gasteiger partial charge in [-0.3, -0.25) is 9.98 Å². The molecule has 162 valence electrons. The van der Waals surface area contributed by atoms with Crippen molar-refractivity contribution in [3.8, 4) is 10.4 Å². The largest absolute Gasteiger partial charge is 0.386 e. The maximum atomic E-state index is 13.2. The van der Waals surface area contributed by atoms with E-state index in [0.717, 1.165) is 10.4 Å². The molecule has 2 aliphatic rings. The predicted octanol–water partition coefficient (Wildman–Crippen LogP) is 2.85. The number of nitrogens with two attached hydrogens (primary N) is 1. The van der Waals surface area contributed by atoms with E-state index < -0.39 is 25.7 Å². The van der Waals surface area contributed by atoms with E-state index >= 15 is 0 Å². The molecule has 0 radical (unpaired) electrons. The number of nitrogens with zero attached hydrogens (tertiary/aromatic N) is 2. The van der Waals surface area contributed by atoms with Crippen LogP contribution in [0.15, 0.2) is 29.5 Å². The molecule has 30 heavy (non-hydrogen) atoms. The summed E-state index contributed by atoms with van der Waals surface area (Å²) >= 11 is 7.91. The van der Waals surface area contributed by atoms with Gasteiger partial charge in [-0.15, -0.1) is 11.3 Å². The second-order valence-corrected chi connectivity index (χ2v) is 12.4. The number of amidine groups is 1. The number of hydrogen-bond donors (Lipinski definition) is 2. The normalized spacial score (nSPS) is 28.6. The number of pyridine rings is 1. The first-order valence-corrected chi connectivity index (χ1v) is 12.4. The number of aliphatic hydroxyl groups is 1. The molecule has 0 aromatic carbocycles. The molecule has 2 unspecified atom stereocenters. The Morgan fingerprint density at radius 3 is 2.67 bits per heavy atom. The van der Waals surface area contributed by atoms with Gasteiger partial charge in [0.25, 0.3) is 0 Å². The van der Waals surface area contributed by atoms with Gasteiger partial charge in [-0.2, -0.15) is 0 Å². The lowest BCUT2D eigenvalue weighted by atomic mass is 9.98. The maximum absolute atomic E-state index is 13.2. The van der Waals surface area contributed by atoms with Crippen molar-refractivity contribution in [3.63, 3.8) is 0 Å². The van der Waals surface area contributed by atoms with Crippen LogP contribution in [0.5, 0.6) is 0 Å². The van der Waals surface area contributed by atoms with E-state index in [9.17, 15) is 13.5 Å². The molecule has 2 aromatic rings. The van der Waals surface area contributed by atoms with Gasteiger partial charge in [-0.1, -0.05) is 11.6 Å². The molecule has 4 rings (SSSR count). The number of sulfone groups is 1. The van der Waals surface area contributed by atoms with Crippen molar-refractivity contribution in [2.75, 3.05) is 19.0 Å². The SMILES string of the molecule is CC(C)(O)c1cncc(-c2cc(Cl)c(C3(C)CS(=O)(=O)C4(CCOC4)C(N)=N3)s2)c1. The van der Waals surface area contributed by atoms with Crippen LogP contribution in [0.4, 0.5) is 0 Å². The van der Waals surface area contributed by atoms with Gasteiger partial charge in [0, 0.05) is 35.0 Å². The molecular formula is C20H24ClN3O4S2. The topological polar surface area (TPSA) is 115 Å². The molecule has 0 saturated carbocycles. The zero-order chi connectivity index (χ0) is 21.9. The predicted molar refractivity (Wildman–Crippen MR) is 119 cm³/mol. The highest BCUT2D eigenvalue weighted by atomic mass is 35.5. The fourth-order valence-corrected chi connectivity index (χ4v) is 7.92. The molecule has 0 bridgehead atoms. The van der Waals surface area contributed by atoms with E-state index in [1.807, 2.05) is 6.07 Å². The molecule has 2 aliphatic heterocycles. The Balaban J connectivity index is 1.78. The minimum atomic E-state index is -3.60. The monoisotopic (exact) mass is 469 g/mol. The third kappa shape index (κ3) is 3.36. The lowest BCUT2D eigenvalue weighted by molar-refractivity contribution is 0.0783. The minimum Gasteiger partial charge on any atom is -0.386 e. The van der Waals surface area contributed by atoms with Crippen molar-refractivity contribution in [1.82, 2.24) is 4.98 Å². The Morgan fingerprint density at radius 2 is 2.07 bits per heavy atom. The Labute approximate surface area is 184 Å². The lowest BCUT2D eigenvalue weighted by Crippen LogP contribution is -2.58. The van der Waals surface area contributed by atoms with Crippen LogP contribution in [0.25, 0.3) is 10.4 Å². The zero-order valence-corrected chi connectivity index (χ0v) is 19.4. The summed E-state index contributed by atoms with van der Waals surface area (Å²) in [6, 6.07) is 3.63. The molecular weight excluding hydrogens is 446 g/mol. The summed E-state index contributed by atoms with van der Waals surface area (Å²) < 4.78 is 30.6. The van der Waals surface area contributed by atoms with Crippen molar-refractivity contribution < 1.29 is 18.3 Å². The smallest absolute Gasteiger partial charge is 0.168 e. The van der Waals surface area contributed by atoms with E-state index in [1.54, 1.807) is 39.2 Å². The number of aromatic nitrogens is 1. The standard InChI is InChI=1S/C20H24ClN3O4S2/c1-18(2,25)13-6-12(8-23-9-13)15-7-14(21)16(29-15)19(3)11-30(26,27)20(17(22)24-19)4-5-28-10-20/h6-9,25H,4-5,10-11H2,1-3H3,(H2,22,24). The highest BCUT2D eigenvalue weighted by molar-refractivity contribution is 7.93. The van der Waals surface area contributed by atoms with Crippen LogP contribution in [0, 0.1) is 0 Å². The first-order chi connectivity index (χ1) is 13.9. The average Bonchev–Trinajstić information content (AvgIpc) is 3.28. The first kappa shape index (κ1) is 21.7. The lowest BCUT2D eigenvalue weighted by Gasteiger charge is -2.38. The summed E-state index contributed by atoms with van der Waals surface area (Å²) in [5, 5.41) is 10.7. The average molecular weight is 470 g/mol. The summed E-state index contributed by atoms with van der Waals surface area (Å²) in [7, 11) is -3.60. The number of ether oxygens (including phenoxy) is 1. The van der Waals surface area contributed by atoms with E-state index in [4.69, 9.17) is 22.1 Å². The van der Waals surface area contributed by atoms with Gasteiger partial charge in [0.2, 0.25) is 0 Å². The second-order valence-electron chi connectivity index (χ2n) is 8.64. The Hall–Kier alpha value is -1.52. The molecule has 4 heterocycles. The van der Waals surface area contributed by atoms with E-state index in [-0.39, 0.29) is 18.2 Å². The molecule has 0 aliphatic carbocycles. The summed E-state index contributed by atoms with van der Waals surface area (Å²) in [4.78, 5) is 10.3. The number of halogens is 1. The van der Waals surface area contributed by atoms with Crippen LogP contribution in [-0.4, -0.2) is 48.1 Å². The van der Waals surface area contributed by atoms with Crippen LogP contribution in [-0.2, 0) is 25.7 Å². The van der Waals surface area contributed by atoms with Crippen molar-refractivity contribution in [3.05, 3.63) is 40.0 Å². The van der Waals surface area contributed by atoms with Gasteiger partial charge in [-0.05, 0) is 39.3 Å². The van der Waals surface area contributed by atoms with Crippen LogP contribution in [0.2, 0.25) is 5.02 Å². The highest BCUT2D eigenvalue weighted by Crippen LogP contribution is 2.47. The molecule has 3 N–H and O–H groups in total. The van der Waals surface area contributed by atoms with Crippen molar-refractivity contribution in [1.29, 1.82) is 0 Å². The molecule has 0 amide bonds. The molecule has 1 saturated heterocycles. The first-order valence-electron chi connectivity index (χ1n) is 9.52. The van der Waals surface area contributed by atoms with Gasteiger partial charge < -0.3 is 15.6 Å². The van der Waals surface area contributed by atoms with Crippen LogP contribution < -0.4 is 5.73 Å². The molecule has 7 nitrogen and oxygen atoms in total. The second kappa shape index (κ2) is 7.00. The minimum absolute atomic E-state index is 0.0412. The summed E-state index contributed by atoms with van der Waals surface area (Å²) in [6.07, 6.45) is 3.62. The van der Waals surface area contributed by atoms with Gasteiger partial charge >= 0.3 is 0 Å². The molecule has 10 heteroatoms. The van der Waals surface area contributed by atoms with Crippen LogP contribution in [0.1, 0.15) is 37.6 Å². The maximum Gasteiger partial charge on any atom is 0.168 e. The fraction of sp³-hybridized carbons (Fsp3) is 0.500. The number of rotatable bonds is 3. The molecule has 2 aromatic heterocycles. The van der Waals surface area contributed by atoms with Crippen molar-refractivity contribution in [2.45, 2.75) is 43.1 Å². The van der Waals surface area contributed by atoms with E-state index in [1.165, 1.54) is 11.3 Å². The number of hydrogen-bond acceptors (Lipinski definition) is 8. The third-order valence-electron chi connectivity index (χ3n) is 5.79. The Bertz CT molecular complexity index is 1130. The summed E-state index contributed by atoms with van der Waals surface area (Å²) in [6.45, 7) is 5.51. The van der Waals surface area contributed by atoms with Gasteiger partial charge in [0.05, 0.1) is 27.9 Å². The quantitative estimate of drug-likeness (QED) is 0.714. The molecule has 2 atom stereocenters. The zero-order valence-electron chi connectivity index (χ0n) is 17.0. The third-order valence-corrected chi connectivity index (χ3v) is 10.3. The number of aliphatic imine (C=N–C) groups is 1. The van der Waals surface area contributed by atoms with Crippen molar-refractivity contribution in [2.24, 2.45) is 10.7 Å². The van der Waals surface area contributed by atoms with Crippen LogP contribution >= 0.6 is 22.9 Å². The van der Waals surface area contributed by atoms with Crippen LogP contribution in [0.3, 0.4) is 0 Å². The number of thiophene rings is 1. The van der Waals surface area contributed by atoms with E-state index in [2.05, 4.69) is 9.98 Å². The Kier molecular flexibility index (Phi) is 5.06. The molecule has 1 fully saturated rings. The van der Waals surface area contributed by atoms with Crippen molar-refractivity contribution >= 4 is 38.6 Å². The van der Waals surface area contributed by atoms with Gasteiger partial charge in [-0.25, -0.2) is 8.42 Å². The summed E-state index contributed by atoms with van der Waals surface area (Å²) in [5.74, 6) is -0.100. The molecule has 1 spiro atoms. The highest BCUT2D eigenvalue weighted by Gasteiger charge is 2.57. The Morgan fingerprint density at radius 1 is 1.33 bits per heavy atom. The van der Waals surface area contributed by atoms with Gasteiger partial charge in [0.15, 0.2) is 14.6 Å². The van der Waals surface area contributed by atoms with Gasteiger partial charge in [0.1, 0.15) is 11.4 Å². The fourth-order valence-electron chi connectivity index (χ4n) is 3.96. The van der Waals surface area contributed by atoms with E-state index in [0.29, 0.717) is 28.5 Å².